The third kappa shape index (κ3) is 2.87. The molecule has 20 heavy (non-hydrogen) atoms. The number of nitrogens with one attached hydrogen (secondary N) is 1. The van der Waals surface area contributed by atoms with Crippen molar-refractivity contribution in [3.05, 3.63) is 41.3 Å². The largest absolute Gasteiger partial charge is 0.433 e. The quantitative estimate of drug-likeness (QED) is 0.856. The van der Waals surface area contributed by atoms with Gasteiger partial charge < -0.3 is 5.32 Å². The Morgan fingerprint density at radius 2 is 1.80 bits per heavy atom. The van der Waals surface area contributed by atoms with Gasteiger partial charge in [0.1, 0.15) is 5.82 Å². The third-order valence-corrected chi connectivity index (χ3v) is 2.71. The van der Waals surface area contributed by atoms with Crippen molar-refractivity contribution >= 4 is 5.95 Å². The van der Waals surface area contributed by atoms with Gasteiger partial charge in [0.05, 0.1) is 5.69 Å². The Morgan fingerprint density at radius 1 is 1.10 bits per heavy atom. The summed E-state index contributed by atoms with van der Waals surface area (Å²) >= 11 is 0. The van der Waals surface area contributed by atoms with E-state index in [0.29, 0.717) is 5.56 Å². The molecule has 0 aliphatic carbocycles. The van der Waals surface area contributed by atoms with Crippen LogP contribution in [0, 0.1) is 12.7 Å². The van der Waals surface area contributed by atoms with E-state index in [1.54, 1.807) is 6.92 Å². The minimum Gasteiger partial charge on any atom is -0.357 e. The number of hydrogen-bond donors (Lipinski definition) is 1. The number of benzene rings is 1. The van der Waals surface area contributed by atoms with E-state index in [2.05, 4.69) is 15.3 Å². The highest BCUT2D eigenvalue weighted by atomic mass is 19.4. The molecule has 0 unspecified atom stereocenters. The molecule has 0 aliphatic rings. The fourth-order valence-electron chi connectivity index (χ4n) is 1.60. The highest BCUT2D eigenvalue weighted by Gasteiger charge is 2.33. The van der Waals surface area contributed by atoms with E-state index in [4.69, 9.17) is 0 Å². The maximum atomic E-state index is 13.5. The first kappa shape index (κ1) is 14.2. The van der Waals surface area contributed by atoms with Gasteiger partial charge >= 0.3 is 6.18 Å². The van der Waals surface area contributed by atoms with E-state index in [1.165, 1.54) is 19.2 Å². The Morgan fingerprint density at radius 3 is 2.35 bits per heavy atom. The van der Waals surface area contributed by atoms with Gasteiger partial charge in [0.2, 0.25) is 5.95 Å². The first-order valence-corrected chi connectivity index (χ1v) is 5.72. The second kappa shape index (κ2) is 5.07. The Labute approximate surface area is 112 Å². The van der Waals surface area contributed by atoms with Crippen LogP contribution in [0.3, 0.4) is 0 Å². The van der Waals surface area contributed by atoms with Crippen molar-refractivity contribution in [3.8, 4) is 11.3 Å². The zero-order valence-electron chi connectivity index (χ0n) is 10.7. The summed E-state index contributed by atoms with van der Waals surface area (Å²) in [5, 5.41) is 2.46. The summed E-state index contributed by atoms with van der Waals surface area (Å²) in [6.45, 7) is 1.57. The highest BCUT2D eigenvalue weighted by molar-refractivity contribution is 5.61. The van der Waals surface area contributed by atoms with Gasteiger partial charge in [-0.1, -0.05) is 12.1 Å². The molecule has 0 bridgehead atoms. The molecule has 0 aliphatic heterocycles. The van der Waals surface area contributed by atoms with Crippen molar-refractivity contribution in [1.29, 1.82) is 0 Å². The van der Waals surface area contributed by atoms with Crippen LogP contribution < -0.4 is 5.32 Å². The first-order chi connectivity index (χ1) is 9.31. The van der Waals surface area contributed by atoms with E-state index in [0.717, 1.165) is 12.1 Å². The maximum absolute atomic E-state index is 13.5. The number of anilines is 1. The summed E-state index contributed by atoms with van der Waals surface area (Å²) in [4.78, 5) is 7.27. The molecule has 7 heteroatoms. The standard InChI is InChI=1S/C13H11F4N3/c1-7-3-4-8(5-9(7)14)10-6-11(13(15,16)17)20-12(18-2)19-10/h3-6H,1-2H3,(H,18,19,20). The fourth-order valence-corrected chi connectivity index (χ4v) is 1.60. The van der Waals surface area contributed by atoms with Crippen molar-refractivity contribution in [2.75, 3.05) is 12.4 Å². The number of nitrogens with zero attached hydrogens (tertiary/aromatic N) is 2. The average molecular weight is 285 g/mol. The molecule has 0 amide bonds. The SMILES string of the molecule is CNc1nc(-c2ccc(C)c(F)c2)cc(C(F)(F)F)n1. The zero-order chi connectivity index (χ0) is 14.9. The van der Waals surface area contributed by atoms with Gasteiger partial charge in [-0.05, 0) is 24.6 Å². The van der Waals surface area contributed by atoms with Gasteiger partial charge in [-0.3, -0.25) is 0 Å². The van der Waals surface area contributed by atoms with Crippen LogP contribution in [-0.4, -0.2) is 17.0 Å². The van der Waals surface area contributed by atoms with Gasteiger partial charge in [-0.15, -0.1) is 0 Å². The second-order valence-corrected chi connectivity index (χ2v) is 4.17. The van der Waals surface area contributed by atoms with Crippen molar-refractivity contribution in [1.82, 2.24) is 9.97 Å². The minimum absolute atomic E-state index is 0.00979. The summed E-state index contributed by atoms with van der Waals surface area (Å²) in [7, 11) is 1.41. The molecule has 0 saturated carbocycles. The van der Waals surface area contributed by atoms with E-state index < -0.39 is 17.7 Å². The van der Waals surface area contributed by atoms with Gasteiger partial charge in [-0.2, -0.15) is 13.2 Å². The Bertz CT molecular complexity index is 638. The number of aromatic nitrogens is 2. The van der Waals surface area contributed by atoms with E-state index in [1.807, 2.05) is 0 Å². The van der Waals surface area contributed by atoms with Crippen molar-refractivity contribution in [2.24, 2.45) is 0 Å². The lowest BCUT2D eigenvalue weighted by atomic mass is 10.1. The molecule has 1 aromatic carbocycles. The first-order valence-electron chi connectivity index (χ1n) is 5.72. The maximum Gasteiger partial charge on any atom is 0.433 e. The molecule has 0 fully saturated rings. The van der Waals surface area contributed by atoms with Crippen LogP contribution in [0.25, 0.3) is 11.3 Å². The Kier molecular flexibility index (Phi) is 3.61. The lowest BCUT2D eigenvalue weighted by molar-refractivity contribution is -0.141. The van der Waals surface area contributed by atoms with Crippen LogP contribution in [0.1, 0.15) is 11.3 Å². The summed E-state index contributed by atoms with van der Waals surface area (Å²) < 4.78 is 51.8. The zero-order valence-corrected chi connectivity index (χ0v) is 10.7. The van der Waals surface area contributed by atoms with Crippen molar-refractivity contribution in [2.45, 2.75) is 13.1 Å². The monoisotopic (exact) mass is 285 g/mol. The molecule has 1 heterocycles. The van der Waals surface area contributed by atoms with Crippen LogP contribution in [0.2, 0.25) is 0 Å². The molecule has 3 nitrogen and oxygen atoms in total. The van der Waals surface area contributed by atoms with Gasteiger partial charge in [0, 0.05) is 12.6 Å². The molecule has 0 radical (unpaired) electrons. The minimum atomic E-state index is -4.59. The number of rotatable bonds is 2. The summed E-state index contributed by atoms with van der Waals surface area (Å²) in [5.74, 6) is -0.670. The molecule has 0 spiro atoms. The summed E-state index contributed by atoms with van der Waals surface area (Å²) in [6, 6.07) is 4.95. The number of hydrogen-bond acceptors (Lipinski definition) is 3. The number of alkyl halides is 3. The van der Waals surface area contributed by atoms with E-state index in [-0.39, 0.29) is 17.2 Å². The molecule has 2 rings (SSSR count). The predicted octanol–water partition coefficient (Wildman–Crippen LogP) is 3.65. The Balaban J connectivity index is 2.58. The second-order valence-electron chi connectivity index (χ2n) is 4.17. The molecule has 1 aromatic heterocycles. The van der Waals surface area contributed by atoms with Gasteiger partial charge in [0.15, 0.2) is 5.69 Å². The van der Waals surface area contributed by atoms with E-state index in [9.17, 15) is 17.6 Å². The smallest absolute Gasteiger partial charge is 0.357 e. The number of aryl methyl sites for hydroxylation is 1. The highest BCUT2D eigenvalue weighted by Crippen LogP contribution is 2.31. The molecule has 0 atom stereocenters. The predicted molar refractivity (Wildman–Crippen MR) is 66.7 cm³/mol. The topological polar surface area (TPSA) is 37.8 Å². The van der Waals surface area contributed by atoms with E-state index >= 15 is 0 Å². The molecule has 2 aromatic rings. The summed E-state index contributed by atoms with van der Waals surface area (Å²) in [6.07, 6.45) is -4.59. The number of halogens is 4. The Hall–Kier alpha value is -2.18. The molecule has 1 N–H and O–H groups in total. The fraction of sp³-hybridized carbons (Fsp3) is 0.231. The lowest BCUT2D eigenvalue weighted by Crippen LogP contribution is -2.11. The van der Waals surface area contributed by atoms with Crippen LogP contribution in [-0.2, 0) is 6.18 Å². The molecule has 106 valence electrons. The van der Waals surface area contributed by atoms with Crippen LogP contribution >= 0.6 is 0 Å². The van der Waals surface area contributed by atoms with Gasteiger partial charge in [-0.25, -0.2) is 14.4 Å². The summed E-state index contributed by atoms with van der Waals surface area (Å²) in [5.41, 5.74) is -0.395. The molecular weight excluding hydrogens is 274 g/mol. The molecule has 0 saturated heterocycles. The van der Waals surface area contributed by atoms with Crippen molar-refractivity contribution < 1.29 is 17.6 Å². The normalized spacial score (nSPS) is 11.5. The van der Waals surface area contributed by atoms with Gasteiger partial charge in [0.25, 0.3) is 0 Å². The van der Waals surface area contributed by atoms with Crippen molar-refractivity contribution in [3.63, 3.8) is 0 Å². The lowest BCUT2D eigenvalue weighted by Gasteiger charge is -2.10. The molecular formula is C13H11F4N3. The van der Waals surface area contributed by atoms with Crippen LogP contribution in [0.4, 0.5) is 23.5 Å². The van der Waals surface area contributed by atoms with Crippen LogP contribution in [0.15, 0.2) is 24.3 Å². The average Bonchev–Trinajstić information content (AvgIpc) is 2.40. The third-order valence-electron chi connectivity index (χ3n) is 2.71. The van der Waals surface area contributed by atoms with Crippen LogP contribution in [0.5, 0.6) is 0 Å².